The molecule has 0 spiro atoms. The Balaban J connectivity index is 2.58. The molecule has 1 aromatic carbocycles. The molecule has 2 rings (SSSR count). The Labute approximate surface area is 77.8 Å². The summed E-state index contributed by atoms with van der Waals surface area (Å²) in [5, 5.41) is 0. The first-order chi connectivity index (χ1) is 6.36. The van der Waals surface area contributed by atoms with Crippen molar-refractivity contribution in [2.75, 3.05) is 14.2 Å². The molecule has 1 aliphatic rings. The van der Waals surface area contributed by atoms with Gasteiger partial charge in [0, 0.05) is 5.56 Å². The molecule has 0 amide bonds. The molecule has 1 aliphatic carbocycles. The number of hydrogen-bond acceptors (Lipinski definition) is 2. The summed E-state index contributed by atoms with van der Waals surface area (Å²) in [5.41, 5.74) is 2.46. The van der Waals surface area contributed by atoms with Gasteiger partial charge in [-0.05, 0) is 18.1 Å². The largest absolute Gasteiger partial charge is 0.493 e. The number of fused-ring (bicyclic) bond motifs is 1. The van der Waals surface area contributed by atoms with E-state index < -0.39 is 0 Å². The molecule has 0 heterocycles. The zero-order valence-electron chi connectivity index (χ0n) is 7.83. The van der Waals surface area contributed by atoms with Gasteiger partial charge in [-0.15, -0.1) is 0 Å². The van der Waals surface area contributed by atoms with E-state index in [1.54, 1.807) is 14.2 Å². The number of ether oxygens (including phenoxy) is 2. The Kier molecular flexibility index (Phi) is 1.97. The Morgan fingerprint density at radius 1 is 1.15 bits per heavy atom. The summed E-state index contributed by atoms with van der Waals surface area (Å²) in [5.74, 6) is 1.64. The molecule has 0 saturated heterocycles. The van der Waals surface area contributed by atoms with Crippen LogP contribution in [-0.2, 0) is 6.42 Å². The van der Waals surface area contributed by atoms with Crippen molar-refractivity contribution in [2.45, 2.75) is 6.42 Å². The molecule has 13 heavy (non-hydrogen) atoms. The Morgan fingerprint density at radius 2 is 2.00 bits per heavy atom. The van der Waals surface area contributed by atoms with Gasteiger partial charge in [0.05, 0.1) is 14.2 Å². The smallest absolute Gasteiger partial charge is 0.168 e. The maximum absolute atomic E-state index is 5.30. The van der Waals surface area contributed by atoms with Gasteiger partial charge >= 0.3 is 0 Å². The molecule has 68 valence electrons. The van der Waals surface area contributed by atoms with Gasteiger partial charge in [0.1, 0.15) is 0 Å². The Bertz CT molecular complexity index is 353. The summed E-state index contributed by atoms with van der Waals surface area (Å²) < 4.78 is 10.5. The zero-order valence-corrected chi connectivity index (χ0v) is 7.83. The molecule has 1 aromatic rings. The van der Waals surface area contributed by atoms with Gasteiger partial charge in [0.2, 0.25) is 0 Å². The van der Waals surface area contributed by atoms with E-state index >= 15 is 0 Å². The van der Waals surface area contributed by atoms with Crippen molar-refractivity contribution >= 4 is 6.08 Å². The van der Waals surface area contributed by atoms with Crippen LogP contribution in [-0.4, -0.2) is 14.2 Å². The van der Waals surface area contributed by atoms with Crippen molar-refractivity contribution in [2.24, 2.45) is 0 Å². The number of benzene rings is 1. The zero-order chi connectivity index (χ0) is 9.26. The summed E-state index contributed by atoms with van der Waals surface area (Å²) in [4.78, 5) is 0. The number of hydrogen-bond donors (Lipinski definition) is 0. The molecule has 2 nitrogen and oxygen atoms in total. The third-order valence-corrected chi connectivity index (χ3v) is 2.30. The number of allylic oxidation sites excluding steroid dienone is 1. The van der Waals surface area contributed by atoms with Crippen LogP contribution in [0.15, 0.2) is 18.2 Å². The SMILES string of the molecule is COc1ccc2c(c1OC)C=CC2. The number of methoxy groups -OCH3 is 2. The first kappa shape index (κ1) is 8.17. The lowest BCUT2D eigenvalue weighted by atomic mass is 10.1. The van der Waals surface area contributed by atoms with E-state index in [-0.39, 0.29) is 0 Å². The van der Waals surface area contributed by atoms with Gasteiger partial charge in [0.25, 0.3) is 0 Å². The summed E-state index contributed by atoms with van der Waals surface area (Å²) in [6.45, 7) is 0. The highest BCUT2D eigenvalue weighted by Crippen LogP contribution is 2.36. The van der Waals surface area contributed by atoms with Crippen molar-refractivity contribution in [3.05, 3.63) is 29.3 Å². The molecule has 0 atom stereocenters. The van der Waals surface area contributed by atoms with Crippen molar-refractivity contribution in [3.63, 3.8) is 0 Å². The molecule has 0 bridgehead atoms. The highest BCUT2D eigenvalue weighted by molar-refractivity contribution is 5.69. The first-order valence-corrected chi connectivity index (χ1v) is 4.27. The van der Waals surface area contributed by atoms with Crippen LogP contribution in [0, 0.1) is 0 Å². The van der Waals surface area contributed by atoms with E-state index in [1.807, 2.05) is 6.07 Å². The van der Waals surface area contributed by atoms with E-state index in [0.717, 1.165) is 23.5 Å². The fourth-order valence-electron chi connectivity index (χ4n) is 1.66. The molecular formula is C11H12O2. The van der Waals surface area contributed by atoms with E-state index in [9.17, 15) is 0 Å². The Hall–Kier alpha value is -1.44. The molecule has 2 heteroatoms. The molecule has 0 fully saturated rings. The van der Waals surface area contributed by atoms with Crippen LogP contribution in [0.4, 0.5) is 0 Å². The number of rotatable bonds is 2. The summed E-state index contributed by atoms with van der Waals surface area (Å²) in [6.07, 6.45) is 5.21. The first-order valence-electron chi connectivity index (χ1n) is 4.27. The maximum Gasteiger partial charge on any atom is 0.168 e. The van der Waals surface area contributed by atoms with Crippen LogP contribution in [0.3, 0.4) is 0 Å². The lowest BCUT2D eigenvalue weighted by Gasteiger charge is -2.11. The predicted octanol–water partition coefficient (Wildman–Crippen LogP) is 2.27. The van der Waals surface area contributed by atoms with Crippen LogP contribution in [0.5, 0.6) is 11.5 Å². The minimum absolute atomic E-state index is 0.799. The molecule has 0 aromatic heterocycles. The van der Waals surface area contributed by atoms with Crippen LogP contribution in [0.2, 0.25) is 0 Å². The Morgan fingerprint density at radius 3 is 2.69 bits per heavy atom. The van der Waals surface area contributed by atoms with Crippen LogP contribution >= 0.6 is 0 Å². The van der Waals surface area contributed by atoms with Gasteiger partial charge in [-0.25, -0.2) is 0 Å². The monoisotopic (exact) mass is 176 g/mol. The lowest BCUT2D eigenvalue weighted by molar-refractivity contribution is 0.354. The van der Waals surface area contributed by atoms with E-state index in [4.69, 9.17) is 9.47 Å². The second-order valence-corrected chi connectivity index (χ2v) is 2.98. The third kappa shape index (κ3) is 1.18. The average molecular weight is 176 g/mol. The summed E-state index contributed by atoms with van der Waals surface area (Å²) in [7, 11) is 3.33. The van der Waals surface area contributed by atoms with E-state index in [0.29, 0.717) is 0 Å². The molecule has 0 radical (unpaired) electrons. The van der Waals surface area contributed by atoms with Crippen LogP contribution in [0.1, 0.15) is 11.1 Å². The second kappa shape index (κ2) is 3.13. The van der Waals surface area contributed by atoms with Gasteiger partial charge in [-0.2, -0.15) is 0 Å². The third-order valence-electron chi connectivity index (χ3n) is 2.30. The van der Waals surface area contributed by atoms with E-state index in [1.165, 1.54) is 5.56 Å². The van der Waals surface area contributed by atoms with Crippen molar-refractivity contribution in [1.82, 2.24) is 0 Å². The van der Waals surface area contributed by atoms with Crippen LogP contribution < -0.4 is 9.47 Å². The summed E-state index contributed by atoms with van der Waals surface area (Å²) >= 11 is 0. The minimum Gasteiger partial charge on any atom is -0.493 e. The fourth-order valence-corrected chi connectivity index (χ4v) is 1.66. The fraction of sp³-hybridized carbons (Fsp3) is 0.273. The van der Waals surface area contributed by atoms with Gasteiger partial charge in [-0.3, -0.25) is 0 Å². The van der Waals surface area contributed by atoms with Gasteiger partial charge in [-0.1, -0.05) is 18.2 Å². The highest BCUT2D eigenvalue weighted by atomic mass is 16.5. The minimum atomic E-state index is 0.799. The average Bonchev–Trinajstić information content (AvgIpc) is 2.63. The second-order valence-electron chi connectivity index (χ2n) is 2.98. The topological polar surface area (TPSA) is 18.5 Å². The lowest BCUT2D eigenvalue weighted by Crippen LogP contribution is -1.94. The van der Waals surface area contributed by atoms with Crippen molar-refractivity contribution < 1.29 is 9.47 Å². The van der Waals surface area contributed by atoms with Crippen molar-refractivity contribution in [1.29, 1.82) is 0 Å². The highest BCUT2D eigenvalue weighted by Gasteiger charge is 2.14. The maximum atomic E-state index is 5.30. The molecule has 0 N–H and O–H groups in total. The molecule has 0 aliphatic heterocycles. The molecule has 0 saturated carbocycles. The molecular weight excluding hydrogens is 164 g/mol. The van der Waals surface area contributed by atoms with E-state index in [2.05, 4.69) is 18.2 Å². The van der Waals surface area contributed by atoms with Gasteiger partial charge < -0.3 is 9.47 Å². The van der Waals surface area contributed by atoms with Gasteiger partial charge in [0.15, 0.2) is 11.5 Å². The summed E-state index contributed by atoms with van der Waals surface area (Å²) in [6, 6.07) is 4.03. The predicted molar refractivity (Wildman–Crippen MR) is 52.3 cm³/mol. The quantitative estimate of drug-likeness (QED) is 0.688. The molecule has 0 unspecified atom stereocenters. The standard InChI is InChI=1S/C11H12O2/c1-12-10-7-6-8-4-3-5-9(8)11(10)13-2/h3,5-7H,4H2,1-2H3. The van der Waals surface area contributed by atoms with Crippen molar-refractivity contribution in [3.8, 4) is 11.5 Å². The normalized spacial score (nSPS) is 12.8. The van der Waals surface area contributed by atoms with Crippen LogP contribution in [0.25, 0.3) is 6.08 Å².